The van der Waals surface area contributed by atoms with E-state index in [0.717, 1.165) is 17.1 Å². The molecule has 1 heteroatoms. The molecule has 0 unspecified atom stereocenters. The number of hydrogen-bond acceptors (Lipinski definition) is 1. The first-order valence-electron chi connectivity index (χ1n) is 16.8. The minimum absolute atomic E-state index is 1.11. The van der Waals surface area contributed by atoms with Crippen molar-refractivity contribution in [1.29, 1.82) is 0 Å². The Bertz CT molecular complexity index is 2610. The van der Waals surface area contributed by atoms with Crippen LogP contribution in [0.4, 0.5) is 17.1 Å². The van der Waals surface area contributed by atoms with Crippen LogP contribution >= 0.6 is 0 Å². The van der Waals surface area contributed by atoms with Crippen LogP contribution in [0.3, 0.4) is 0 Å². The lowest BCUT2D eigenvalue weighted by Gasteiger charge is -2.27. The smallest absolute Gasteiger partial charge is 0.0467 e. The first kappa shape index (κ1) is 28.8. The third kappa shape index (κ3) is 5.32. The van der Waals surface area contributed by atoms with E-state index >= 15 is 0 Å². The van der Waals surface area contributed by atoms with Crippen LogP contribution in [0.5, 0.6) is 0 Å². The van der Waals surface area contributed by atoms with Crippen LogP contribution in [0, 0.1) is 0 Å². The van der Waals surface area contributed by atoms with E-state index in [1.165, 1.54) is 65.7 Å². The van der Waals surface area contributed by atoms with Gasteiger partial charge >= 0.3 is 0 Å². The second-order valence-corrected chi connectivity index (χ2v) is 12.6. The summed E-state index contributed by atoms with van der Waals surface area (Å²) in [6.45, 7) is 0. The van der Waals surface area contributed by atoms with Crippen LogP contribution in [-0.4, -0.2) is 0 Å². The summed E-state index contributed by atoms with van der Waals surface area (Å²) in [6, 6.07) is 72.5. The number of fused-ring (bicyclic) bond motifs is 4. The molecule has 0 atom stereocenters. The third-order valence-corrected chi connectivity index (χ3v) is 9.60. The van der Waals surface area contributed by atoms with Gasteiger partial charge in [-0.2, -0.15) is 0 Å². The lowest BCUT2D eigenvalue weighted by Crippen LogP contribution is -2.10. The predicted molar refractivity (Wildman–Crippen MR) is 210 cm³/mol. The minimum atomic E-state index is 1.11. The van der Waals surface area contributed by atoms with Crippen molar-refractivity contribution in [2.24, 2.45) is 0 Å². The highest BCUT2D eigenvalue weighted by Gasteiger charge is 2.17. The summed E-state index contributed by atoms with van der Waals surface area (Å²) in [5.41, 5.74) is 10.6. The number of hydrogen-bond donors (Lipinski definition) is 0. The monoisotopic (exact) mass is 623 g/mol. The van der Waals surface area contributed by atoms with Crippen LogP contribution in [-0.2, 0) is 0 Å². The van der Waals surface area contributed by atoms with Crippen LogP contribution in [0.15, 0.2) is 200 Å². The van der Waals surface area contributed by atoms with Crippen LogP contribution in [0.25, 0.3) is 65.7 Å². The Kier molecular flexibility index (Phi) is 7.22. The molecule has 1 nitrogen and oxygen atoms in total. The molecule has 9 aromatic rings. The standard InChI is InChI=1S/C48H33N/c1-2-14-34(15-3-1)36-19-10-22-40(30-36)49(41-23-11-20-37(31-41)44-29-13-18-35-16-4-6-25-43(35)44)42-24-12-21-38(32-42)48-33-39-17-5-7-26-45(39)46-27-8-9-28-47(46)48/h1-33H. The second kappa shape index (κ2) is 12.3. The number of nitrogens with zero attached hydrogens (tertiary/aromatic N) is 1. The highest BCUT2D eigenvalue weighted by Crippen LogP contribution is 2.42. The molecule has 0 aliphatic rings. The molecule has 49 heavy (non-hydrogen) atoms. The first-order valence-corrected chi connectivity index (χ1v) is 16.8. The third-order valence-electron chi connectivity index (χ3n) is 9.60. The normalized spacial score (nSPS) is 11.3. The van der Waals surface area contributed by atoms with E-state index < -0.39 is 0 Å². The second-order valence-electron chi connectivity index (χ2n) is 12.6. The Morgan fingerprint density at radius 1 is 0.245 bits per heavy atom. The quantitative estimate of drug-likeness (QED) is 0.167. The fraction of sp³-hybridized carbons (Fsp3) is 0. The Morgan fingerprint density at radius 3 is 1.43 bits per heavy atom. The van der Waals surface area contributed by atoms with Gasteiger partial charge in [0.05, 0.1) is 0 Å². The molecular formula is C48H33N. The lowest BCUT2D eigenvalue weighted by molar-refractivity contribution is 1.28. The molecule has 230 valence electrons. The molecule has 9 rings (SSSR count). The molecule has 0 bridgehead atoms. The molecule has 0 saturated carbocycles. The average Bonchev–Trinajstić information content (AvgIpc) is 3.18. The van der Waals surface area contributed by atoms with Crippen molar-refractivity contribution in [3.05, 3.63) is 200 Å². The van der Waals surface area contributed by atoms with E-state index in [-0.39, 0.29) is 0 Å². The summed E-state index contributed by atoms with van der Waals surface area (Å²) >= 11 is 0. The minimum Gasteiger partial charge on any atom is -0.310 e. The average molecular weight is 624 g/mol. The summed E-state index contributed by atoms with van der Waals surface area (Å²) in [5.74, 6) is 0. The molecular weight excluding hydrogens is 591 g/mol. The van der Waals surface area contributed by atoms with Gasteiger partial charge in [-0.3, -0.25) is 0 Å². The molecule has 0 aliphatic heterocycles. The van der Waals surface area contributed by atoms with Gasteiger partial charge in [0.15, 0.2) is 0 Å². The molecule has 0 aromatic heterocycles. The number of benzene rings is 9. The van der Waals surface area contributed by atoms with Crippen molar-refractivity contribution < 1.29 is 0 Å². The topological polar surface area (TPSA) is 3.24 Å². The van der Waals surface area contributed by atoms with Crippen LogP contribution < -0.4 is 4.90 Å². The summed E-state index contributed by atoms with van der Waals surface area (Å²) in [5, 5.41) is 7.56. The summed E-state index contributed by atoms with van der Waals surface area (Å²) in [4.78, 5) is 2.40. The van der Waals surface area contributed by atoms with E-state index in [1.807, 2.05) is 0 Å². The lowest BCUT2D eigenvalue weighted by atomic mass is 9.93. The summed E-state index contributed by atoms with van der Waals surface area (Å²) in [6.07, 6.45) is 0. The van der Waals surface area contributed by atoms with Crippen LogP contribution in [0.1, 0.15) is 0 Å². The molecule has 0 amide bonds. The van der Waals surface area contributed by atoms with Gasteiger partial charge in [0.2, 0.25) is 0 Å². The van der Waals surface area contributed by atoms with Gasteiger partial charge in [0.25, 0.3) is 0 Å². The number of anilines is 3. The molecule has 0 fully saturated rings. The van der Waals surface area contributed by atoms with Crippen molar-refractivity contribution in [2.45, 2.75) is 0 Å². The summed E-state index contributed by atoms with van der Waals surface area (Å²) < 4.78 is 0. The zero-order chi connectivity index (χ0) is 32.6. The molecule has 0 aliphatic carbocycles. The van der Waals surface area contributed by atoms with Crippen molar-refractivity contribution in [3.8, 4) is 33.4 Å². The van der Waals surface area contributed by atoms with E-state index in [2.05, 4.69) is 205 Å². The Hall–Kier alpha value is -6.44. The Balaban J connectivity index is 1.24. The molecule has 0 saturated heterocycles. The van der Waals surface area contributed by atoms with Crippen molar-refractivity contribution in [2.75, 3.05) is 4.90 Å². The van der Waals surface area contributed by atoms with E-state index in [9.17, 15) is 0 Å². The van der Waals surface area contributed by atoms with Crippen molar-refractivity contribution in [1.82, 2.24) is 0 Å². The van der Waals surface area contributed by atoms with Crippen LogP contribution in [0.2, 0.25) is 0 Å². The van der Waals surface area contributed by atoms with Gasteiger partial charge < -0.3 is 4.90 Å². The highest BCUT2D eigenvalue weighted by atomic mass is 15.1. The maximum atomic E-state index is 2.40. The predicted octanol–water partition coefficient (Wildman–Crippen LogP) is 13.6. The highest BCUT2D eigenvalue weighted by molar-refractivity contribution is 6.14. The first-order chi connectivity index (χ1) is 24.3. The largest absolute Gasteiger partial charge is 0.310 e. The molecule has 0 radical (unpaired) electrons. The Morgan fingerprint density at radius 2 is 0.714 bits per heavy atom. The van der Waals surface area contributed by atoms with Gasteiger partial charge in [-0.15, -0.1) is 0 Å². The Labute approximate surface area is 287 Å². The van der Waals surface area contributed by atoms with Gasteiger partial charge in [0, 0.05) is 17.1 Å². The van der Waals surface area contributed by atoms with Gasteiger partial charge in [-0.05, 0) is 108 Å². The maximum Gasteiger partial charge on any atom is 0.0467 e. The summed E-state index contributed by atoms with van der Waals surface area (Å²) in [7, 11) is 0. The fourth-order valence-corrected chi connectivity index (χ4v) is 7.30. The molecule has 9 aromatic carbocycles. The zero-order valence-electron chi connectivity index (χ0n) is 27.0. The fourth-order valence-electron chi connectivity index (χ4n) is 7.30. The van der Waals surface area contributed by atoms with Gasteiger partial charge in [-0.25, -0.2) is 0 Å². The van der Waals surface area contributed by atoms with E-state index in [0.29, 0.717) is 0 Å². The molecule has 0 spiro atoms. The molecule has 0 N–H and O–H groups in total. The van der Waals surface area contributed by atoms with Gasteiger partial charge in [-0.1, -0.05) is 158 Å². The maximum absolute atomic E-state index is 2.40. The number of rotatable bonds is 6. The van der Waals surface area contributed by atoms with E-state index in [1.54, 1.807) is 0 Å². The SMILES string of the molecule is c1ccc(-c2cccc(N(c3cccc(-c4cccc5ccccc45)c3)c3cccc(-c4cc5ccccc5c5ccccc45)c3)c2)cc1. The van der Waals surface area contributed by atoms with Gasteiger partial charge in [0.1, 0.15) is 0 Å². The van der Waals surface area contributed by atoms with Crippen molar-refractivity contribution in [3.63, 3.8) is 0 Å². The zero-order valence-corrected chi connectivity index (χ0v) is 27.0. The van der Waals surface area contributed by atoms with Crippen molar-refractivity contribution >= 4 is 49.4 Å². The van der Waals surface area contributed by atoms with E-state index in [4.69, 9.17) is 0 Å². The molecule has 0 heterocycles.